The molecule has 0 unspecified atom stereocenters. The summed E-state index contributed by atoms with van der Waals surface area (Å²) in [6.07, 6.45) is 2.24. The van der Waals surface area contributed by atoms with Crippen LogP contribution in [0.4, 0.5) is 4.39 Å². The first-order valence-electron chi connectivity index (χ1n) is 8.51. The van der Waals surface area contributed by atoms with Crippen LogP contribution in [0.15, 0.2) is 47.5 Å². The van der Waals surface area contributed by atoms with E-state index in [2.05, 4.69) is 10.3 Å². The van der Waals surface area contributed by atoms with Crippen molar-refractivity contribution in [2.75, 3.05) is 13.1 Å². The minimum atomic E-state index is -3.74. The van der Waals surface area contributed by atoms with Crippen molar-refractivity contribution in [1.82, 2.24) is 14.6 Å². The Morgan fingerprint density at radius 2 is 2.00 bits per heavy atom. The molecule has 1 amide bonds. The smallest absolute Gasteiger partial charge is 0.246 e. The van der Waals surface area contributed by atoms with Crippen LogP contribution in [0.5, 0.6) is 0 Å². The van der Waals surface area contributed by atoms with Crippen LogP contribution in [0, 0.1) is 11.7 Å². The number of piperidine rings is 1. The Bertz CT molecular complexity index is 931. The van der Waals surface area contributed by atoms with Crippen molar-refractivity contribution < 1.29 is 17.6 Å². The largest absolute Gasteiger partial charge is 0.352 e. The number of rotatable bonds is 5. The molecule has 3 rings (SSSR count). The maximum absolute atomic E-state index is 13.2. The number of amides is 1. The number of carbonyl (C=O) groups is 1. The lowest BCUT2D eigenvalue weighted by atomic mass is 9.97. The van der Waals surface area contributed by atoms with Gasteiger partial charge in [0.1, 0.15) is 15.9 Å². The molecule has 1 fully saturated rings. The van der Waals surface area contributed by atoms with E-state index >= 15 is 0 Å². The summed E-state index contributed by atoms with van der Waals surface area (Å²) in [6.45, 7) is 0.692. The molecule has 1 N–H and O–H groups in total. The van der Waals surface area contributed by atoms with Gasteiger partial charge >= 0.3 is 0 Å². The number of halogens is 2. The highest BCUT2D eigenvalue weighted by Gasteiger charge is 2.33. The Labute approximate surface area is 162 Å². The van der Waals surface area contributed by atoms with Crippen molar-refractivity contribution in [1.29, 1.82) is 0 Å². The highest BCUT2D eigenvalue weighted by molar-refractivity contribution is 7.89. The quantitative estimate of drug-likeness (QED) is 0.767. The van der Waals surface area contributed by atoms with E-state index in [4.69, 9.17) is 11.6 Å². The normalized spacial score (nSPS) is 16.2. The summed E-state index contributed by atoms with van der Waals surface area (Å²) in [5.41, 5.74) is 0.676. The van der Waals surface area contributed by atoms with E-state index in [9.17, 15) is 17.6 Å². The van der Waals surface area contributed by atoms with Crippen molar-refractivity contribution in [3.63, 3.8) is 0 Å². The van der Waals surface area contributed by atoms with Gasteiger partial charge < -0.3 is 5.32 Å². The molecule has 1 saturated heterocycles. The lowest BCUT2D eigenvalue weighted by Crippen LogP contribution is -2.43. The molecule has 0 spiro atoms. The molecule has 2 heterocycles. The zero-order chi connectivity index (χ0) is 19.4. The number of carbonyl (C=O) groups excluding carboxylic acids is 1. The minimum Gasteiger partial charge on any atom is -0.352 e. The maximum Gasteiger partial charge on any atom is 0.246 e. The van der Waals surface area contributed by atoms with Gasteiger partial charge in [-0.1, -0.05) is 23.7 Å². The van der Waals surface area contributed by atoms with E-state index in [1.165, 1.54) is 34.8 Å². The molecule has 0 bridgehead atoms. The number of sulfonamides is 1. The Kier molecular flexibility index (Phi) is 6.08. The third-order valence-electron chi connectivity index (χ3n) is 4.52. The summed E-state index contributed by atoms with van der Waals surface area (Å²) in [5.74, 6) is -0.792. The van der Waals surface area contributed by atoms with Crippen LogP contribution in [0.2, 0.25) is 5.15 Å². The first-order valence-corrected chi connectivity index (χ1v) is 10.3. The molecule has 0 saturated carbocycles. The lowest BCUT2D eigenvalue weighted by molar-refractivity contribution is -0.126. The summed E-state index contributed by atoms with van der Waals surface area (Å²) in [7, 11) is -3.74. The maximum atomic E-state index is 13.2. The second-order valence-electron chi connectivity index (χ2n) is 6.32. The Hall–Kier alpha value is -2.03. The number of nitrogens with one attached hydrogen (secondary N) is 1. The molecular weight excluding hydrogens is 393 g/mol. The van der Waals surface area contributed by atoms with E-state index in [0.717, 1.165) is 0 Å². The van der Waals surface area contributed by atoms with E-state index < -0.39 is 10.0 Å². The topological polar surface area (TPSA) is 79.4 Å². The standard InChI is InChI=1S/C18H19ClFN3O3S/c19-17-16(5-2-8-21-17)27(25,26)23-9-6-14(7-10-23)18(24)22-12-13-3-1-4-15(20)11-13/h1-5,8,11,14H,6-7,9-10,12H2,(H,22,24). The molecular formula is C18H19ClFN3O3S. The fourth-order valence-corrected chi connectivity index (χ4v) is 4.94. The zero-order valence-corrected chi connectivity index (χ0v) is 16.0. The van der Waals surface area contributed by atoms with Gasteiger partial charge in [0.2, 0.25) is 15.9 Å². The summed E-state index contributed by atoms with van der Waals surface area (Å²) in [6, 6.07) is 8.97. The summed E-state index contributed by atoms with van der Waals surface area (Å²) < 4.78 is 39.9. The molecule has 6 nitrogen and oxygen atoms in total. The fraction of sp³-hybridized carbons (Fsp3) is 0.333. The first-order chi connectivity index (χ1) is 12.9. The van der Waals surface area contributed by atoms with Crippen molar-refractivity contribution in [3.8, 4) is 0 Å². The van der Waals surface area contributed by atoms with Crippen molar-refractivity contribution >= 4 is 27.5 Å². The second-order valence-corrected chi connectivity index (χ2v) is 8.58. The summed E-state index contributed by atoms with van der Waals surface area (Å²) in [5, 5.41) is 2.72. The molecule has 9 heteroatoms. The van der Waals surface area contributed by atoms with Gasteiger partial charge in [-0.15, -0.1) is 0 Å². The predicted octanol–water partition coefficient (Wildman–Crippen LogP) is 2.59. The molecule has 1 aliphatic rings. The fourth-order valence-electron chi connectivity index (χ4n) is 3.04. The van der Waals surface area contributed by atoms with Crippen LogP contribution in [0.25, 0.3) is 0 Å². The van der Waals surface area contributed by atoms with Gasteiger partial charge in [0.25, 0.3) is 0 Å². The van der Waals surface area contributed by atoms with Gasteiger partial charge in [-0.2, -0.15) is 4.31 Å². The van der Waals surface area contributed by atoms with Gasteiger partial charge in [0, 0.05) is 31.7 Å². The van der Waals surface area contributed by atoms with Crippen LogP contribution in [0.1, 0.15) is 18.4 Å². The lowest BCUT2D eigenvalue weighted by Gasteiger charge is -2.30. The predicted molar refractivity (Wildman–Crippen MR) is 99.0 cm³/mol. The third-order valence-corrected chi connectivity index (χ3v) is 6.87. The number of nitrogens with zero attached hydrogens (tertiary/aromatic N) is 2. The molecule has 1 aromatic carbocycles. The molecule has 0 aliphatic carbocycles. The van der Waals surface area contributed by atoms with Gasteiger partial charge in [-0.3, -0.25) is 4.79 Å². The van der Waals surface area contributed by atoms with E-state index in [1.807, 2.05) is 0 Å². The number of benzene rings is 1. The summed E-state index contributed by atoms with van der Waals surface area (Å²) in [4.78, 5) is 16.1. The molecule has 144 valence electrons. The zero-order valence-electron chi connectivity index (χ0n) is 14.4. The van der Waals surface area contributed by atoms with Gasteiger partial charge in [0.15, 0.2) is 0 Å². The average molecular weight is 412 g/mol. The number of hydrogen-bond acceptors (Lipinski definition) is 4. The highest BCUT2D eigenvalue weighted by atomic mass is 35.5. The van der Waals surface area contributed by atoms with Crippen molar-refractivity contribution in [2.24, 2.45) is 5.92 Å². The molecule has 0 atom stereocenters. The third kappa shape index (κ3) is 4.63. The monoisotopic (exact) mass is 411 g/mol. The minimum absolute atomic E-state index is 0.0272. The highest BCUT2D eigenvalue weighted by Crippen LogP contribution is 2.27. The van der Waals surface area contributed by atoms with Crippen molar-refractivity contribution in [2.45, 2.75) is 24.3 Å². The number of pyridine rings is 1. The van der Waals surface area contributed by atoms with Crippen LogP contribution in [0.3, 0.4) is 0 Å². The first kappa shape index (κ1) is 19.7. The van der Waals surface area contributed by atoms with Gasteiger partial charge in [-0.05, 0) is 42.7 Å². The second kappa shape index (κ2) is 8.33. The molecule has 1 aliphatic heterocycles. The number of hydrogen-bond donors (Lipinski definition) is 1. The van der Waals surface area contributed by atoms with Gasteiger partial charge in [-0.25, -0.2) is 17.8 Å². The van der Waals surface area contributed by atoms with Gasteiger partial charge in [0.05, 0.1) is 0 Å². The Balaban J connectivity index is 1.57. The number of aromatic nitrogens is 1. The van der Waals surface area contributed by atoms with E-state index in [-0.39, 0.29) is 47.3 Å². The van der Waals surface area contributed by atoms with Crippen molar-refractivity contribution in [3.05, 3.63) is 59.1 Å². The van der Waals surface area contributed by atoms with Crippen LogP contribution < -0.4 is 5.32 Å². The van der Waals surface area contributed by atoms with Crippen LogP contribution in [-0.2, 0) is 21.4 Å². The van der Waals surface area contributed by atoms with Crippen LogP contribution >= 0.6 is 11.6 Å². The molecule has 1 aromatic heterocycles. The SMILES string of the molecule is O=C(NCc1cccc(F)c1)C1CCN(S(=O)(=O)c2cccnc2Cl)CC1. The Morgan fingerprint density at radius 1 is 1.26 bits per heavy atom. The Morgan fingerprint density at radius 3 is 2.67 bits per heavy atom. The van der Waals surface area contributed by atoms with E-state index in [0.29, 0.717) is 18.4 Å². The molecule has 2 aromatic rings. The average Bonchev–Trinajstić information content (AvgIpc) is 2.66. The van der Waals surface area contributed by atoms with E-state index in [1.54, 1.807) is 12.1 Å². The van der Waals surface area contributed by atoms with Crippen LogP contribution in [-0.4, -0.2) is 36.7 Å². The summed E-state index contributed by atoms with van der Waals surface area (Å²) >= 11 is 5.91. The molecule has 27 heavy (non-hydrogen) atoms. The molecule has 0 radical (unpaired) electrons.